The number of aliphatic hydroxyl groups excluding tert-OH is 1. The quantitative estimate of drug-likeness (QED) is 0.884. The van der Waals surface area contributed by atoms with E-state index in [0.29, 0.717) is 12.8 Å². The predicted molar refractivity (Wildman–Crippen MR) is 70.8 cm³/mol. The van der Waals surface area contributed by atoms with Crippen molar-refractivity contribution >= 4 is 0 Å². The van der Waals surface area contributed by atoms with Crippen molar-refractivity contribution in [2.24, 2.45) is 0 Å². The van der Waals surface area contributed by atoms with Crippen LogP contribution in [-0.2, 0) is 6.42 Å². The number of aryl methyl sites for hydroxylation is 2. The Bertz CT molecular complexity index is 566. The van der Waals surface area contributed by atoms with Crippen molar-refractivity contribution in [1.29, 1.82) is 0 Å². The van der Waals surface area contributed by atoms with Crippen molar-refractivity contribution < 1.29 is 13.9 Å². The van der Waals surface area contributed by atoms with Crippen LogP contribution in [0.15, 0.2) is 42.5 Å². The standard InChI is InChI=1S/C16H16F2O/c1-11-5-2-3-6-12(11)9-10-15(19)13-7-4-8-14(17)16(13)18/h2-8,15,19H,9-10H2,1H3. The molecule has 0 aliphatic rings. The van der Waals surface area contributed by atoms with Gasteiger partial charge in [0.2, 0.25) is 0 Å². The lowest BCUT2D eigenvalue weighted by Crippen LogP contribution is -2.04. The lowest BCUT2D eigenvalue weighted by molar-refractivity contribution is 0.162. The number of aliphatic hydroxyl groups is 1. The molecule has 2 aromatic rings. The first-order chi connectivity index (χ1) is 9.09. The summed E-state index contributed by atoms with van der Waals surface area (Å²) in [6.45, 7) is 1.99. The van der Waals surface area contributed by atoms with E-state index < -0.39 is 17.7 Å². The normalized spacial score (nSPS) is 12.4. The average molecular weight is 262 g/mol. The Kier molecular flexibility index (Phi) is 4.27. The van der Waals surface area contributed by atoms with Gasteiger partial charge in [-0.25, -0.2) is 8.78 Å². The maximum Gasteiger partial charge on any atom is 0.164 e. The first kappa shape index (κ1) is 13.7. The van der Waals surface area contributed by atoms with E-state index in [9.17, 15) is 13.9 Å². The van der Waals surface area contributed by atoms with Crippen LogP contribution in [-0.4, -0.2) is 5.11 Å². The molecule has 1 nitrogen and oxygen atoms in total. The average Bonchev–Trinajstić information content (AvgIpc) is 2.40. The van der Waals surface area contributed by atoms with E-state index in [1.165, 1.54) is 12.1 Å². The Morgan fingerprint density at radius 1 is 1.05 bits per heavy atom. The number of hydrogen-bond donors (Lipinski definition) is 1. The van der Waals surface area contributed by atoms with Crippen molar-refractivity contribution in [3.63, 3.8) is 0 Å². The van der Waals surface area contributed by atoms with Gasteiger partial charge in [0.05, 0.1) is 6.10 Å². The van der Waals surface area contributed by atoms with Gasteiger partial charge in [-0.2, -0.15) is 0 Å². The molecule has 2 rings (SSSR count). The molecule has 0 bridgehead atoms. The van der Waals surface area contributed by atoms with Gasteiger partial charge in [-0.15, -0.1) is 0 Å². The molecule has 0 saturated heterocycles. The summed E-state index contributed by atoms with van der Waals surface area (Å²) in [6.07, 6.45) is 0.00460. The minimum Gasteiger partial charge on any atom is -0.388 e. The van der Waals surface area contributed by atoms with Gasteiger partial charge in [0.1, 0.15) is 0 Å². The van der Waals surface area contributed by atoms with Crippen LogP contribution in [0, 0.1) is 18.6 Å². The lowest BCUT2D eigenvalue weighted by Gasteiger charge is -2.13. The number of benzene rings is 2. The molecule has 0 aromatic heterocycles. The van der Waals surface area contributed by atoms with E-state index in [1.807, 2.05) is 31.2 Å². The summed E-state index contributed by atoms with van der Waals surface area (Å²) in [5.41, 5.74) is 2.27. The van der Waals surface area contributed by atoms with E-state index in [-0.39, 0.29) is 5.56 Å². The van der Waals surface area contributed by atoms with Gasteiger partial charge in [0, 0.05) is 5.56 Å². The molecular weight excluding hydrogens is 246 g/mol. The second-order valence-electron chi connectivity index (χ2n) is 4.62. The van der Waals surface area contributed by atoms with Crippen molar-refractivity contribution in [2.45, 2.75) is 25.9 Å². The molecule has 0 spiro atoms. The highest BCUT2D eigenvalue weighted by molar-refractivity contribution is 5.26. The Labute approximate surface area is 111 Å². The topological polar surface area (TPSA) is 20.2 Å². The smallest absolute Gasteiger partial charge is 0.164 e. The van der Waals surface area contributed by atoms with Gasteiger partial charge >= 0.3 is 0 Å². The summed E-state index contributed by atoms with van der Waals surface area (Å²) in [4.78, 5) is 0. The largest absolute Gasteiger partial charge is 0.388 e. The van der Waals surface area contributed by atoms with E-state index in [4.69, 9.17) is 0 Å². The minimum atomic E-state index is -0.990. The number of rotatable bonds is 4. The monoisotopic (exact) mass is 262 g/mol. The van der Waals surface area contributed by atoms with Crippen molar-refractivity contribution in [1.82, 2.24) is 0 Å². The third kappa shape index (κ3) is 3.18. The maximum absolute atomic E-state index is 13.5. The molecule has 0 radical (unpaired) electrons. The minimum absolute atomic E-state index is 0.0218. The molecule has 1 N–H and O–H groups in total. The van der Waals surface area contributed by atoms with Crippen LogP contribution in [0.5, 0.6) is 0 Å². The molecule has 1 unspecified atom stereocenters. The van der Waals surface area contributed by atoms with Gasteiger partial charge in [-0.3, -0.25) is 0 Å². The van der Waals surface area contributed by atoms with Gasteiger partial charge in [0.15, 0.2) is 11.6 Å². The predicted octanol–water partition coefficient (Wildman–Crippen LogP) is 3.94. The van der Waals surface area contributed by atoms with Gasteiger partial charge < -0.3 is 5.11 Å². The fourth-order valence-electron chi connectivity index (χ4n) is 2.12. The molecule has 0 aliphatic heterocycles. The first-order valence-corrected chi connectivity index (χ1v) is 6.26. The SMILES string of the molecule is Cc1ccccc1CCC(O)c1cccc(F)c1F. The van der Waals surface area contributed by atoms with E-state index in [0.717, 1.165) is 17.2 Å². The molecule has 0 saturated carbocycles. The second-order valence-corrected chi connectivity index (χ2v) is 4.62. The van der Waals surface area contributed by atoms with E-state index in [2.05, 4.69) is 0 Å². The van der Waals surface area contributed by atoms with Crippen LogP contribution >= 0.6 is 0 Å². The van der Waals surface area contributed by atoms with Crippen LogP contribution in [0.4, 0.5) is 8.78 Å². The van der Waals surface area contributed by atoms with Crippen LogP contribution in [0.25, 0.3) is 0 Å². The van der Waals surface area contributed by atoms with Gasteiger partial charge in [-0.05, 0) is 37.0 Å². The molecular formula is C16H16F2O. The Balaban J connectivity index is 2.08. The highest BCUT2D eigenvalue weighted by Gasteiger charge is 2.15. The van der Waals surface area contributed by atoms with Crippen LogP contribution < -0.4 is 0 Å². The van der Waals surface area contributed by atoms with E-state index in [1.54, 1.807) is 0 Å². The van der Waals surface area contributed by atoms with Crippen LogP contribution in [0.2, 0.25) is 0 Å². The zero-order chi connectivity index (χ0) is 13.8. The fourth-order valence-corrected chi connectivity index (χ4v) is 2.12. The zero-order valence-corrected chi connectivity index (χ0v) is 10.7. The molecule has 0 amide bonds. The summed E-state index contributed by atoms with van der Waals surface area (Å²) in [7, 11) is 0. The molecule has 0 aliphatic carbocycles. The third-order valence-electron chi connectivity index (χ3n) is 3.29. The Hall–Kier alpha value is -1.74. The highest BCUT2D eigenvalue weighted by atomic mass is 19.2. The van der Waals surface area contributed by atoms with Crippen molar-refractivity contribution in [2.75, 3.05) is 0 Å². The molecule has 2 aromatic carbocycles. The summed E-state index contributed by atoms with van der Waals surface area (Å²) in [5, 5.41) is 9.97. The Morgan fingerprint density at radius 2 is 1.79 bits per heavy atom. The van der Waals surface area contributed by atoms with Crippen LogP contribution in [0.3, 0.4) is 0 Å². The fraction of sp³-hybridized carbons (Fsp3) is 0.250. The third-order valence-corrected chi connectivity index (χ3v) is 3.29. The molecule has 0 fully saturated rings. The van der Waals surface area contributed by atoms with Gasteiger partial charge in [-0.1, -0.05) is 36.4 Å². The summed E-state index contributed by atoms with van der Waals surface area (Å²) in [6, 6.07) is 11.7. The number of hydrogen-bond acceptors (Lipinski definition) is 1. The second kappa shape index (κ2) is 5.93. The summed E-state index contributed by atoms with van der Waals surface area (Å²) < 4.78 is 26.6. The van der Waals surface area contributed by atoms with Crippen LogP contribution in [0.1, 0.15) is 29.2 Å². The summed E-state index contributed by atoms with van der Waals surface area (Å²) in [5.74, 6) is -1.88. The first-order valence-electron chi connectivity index (χ1n) is 6.26. The highest BCUT2D eigenvalue weighted by Crippen LogP contribution is 2.24. The number of halogens is 2. The lowest BCUT2D eigenvalue weighted by atomic mass is 9.98. The molecule has 100 valence electrons. The molecule has 3 heteroatoms. The van der Waals surface area contributed by atoms with Gasteiger partial charge in [0.25, 0.3) is 0 Å². The van der Waals surface area contributed by atoms with Crippen molar-refractivity contribution in [3.8, 4) is 0 Å². The van der Waals surface area contributed by atoms with Crippen molar-refractivity contribution in [3.05, 3.63) is 70.8 Å². The maximum atomic E-state index is 13.5. The van der Waals surface area contributed by atoms with E-state index >= 15 is 0 Å². The molecule has 0 heterocycles. The Morgan fingerprint density at radius 3 is 2.53 bits per heavy atom. The molecule has 1 atom stereocenters. The zero-order valence-electron chi connectivity index (χ0n) is 10.7. The molecule has 19 heavy (non-hydrogen) atoms. The summed E-state index contributed by atoms with van der Waals surface area (Å²) >= 11 is 0.